The molecule has 0 aliphatic heterocycles. The normalized spacial score (nSPS) is 11.4. The van der Waals surface area contributed by atoms with Crippen LogP contribution in [0.15, 0.2) is 22.7 Å². The van der Waals surface area contributed by atoms with Gasteiger partial charge in [-0.1, -0.05) is 43.6 Å². The SMILES string of the molecule is CCN(CC)CCNCCOc1ccc(Br)cc1C(C)C. The molecule has 0 radical (unpaired) electrons. The Balaban J connectivity index is 2.30. The molecule has 3 nitrogen and oxygen atoms in total. The van der Waals surface area contributed by atoms with E-state index in [0.717, 1.165) is 42.9 Å². The fourth-order valence-electron chi connectivity index (χ4n) is 2.24. The number of nitrogens with zero attached hydrogens (tertiary/aromatic N) is 1. The van der Waals surface area contributed by atoms with Crippen molar-refractivity contribution in [3.05, 3.63) is 28.2 Å². The summed E-state index contributed by atoms with van der Waals surface area (Å²) in [7, 11) is 0. The van der Waals surface area contributed by atoms with Crippen LogP contribution in [0.1, 0.15) is 39.2 Å². The number of halogens is 1. The van der Waals surface area contributed by atoms with Crippen LogP contribution in [0.25, 0.3) is 0 Å². The van der Waals surface area contributed by atoms with Crippen LogP contribution in [0, 0.1) is 0 Å². The van der Waals surface area contributed by atoms with Gasteiger partial charge < -0.3 is 15.0 Å². The van der Waals surface area contributed by atoms with Crippen LogP contribution in [0.3, 0.4) is 0 Å². The van der Waals surface area contributed by atoms with Crippen molar-refractivity contribution in [2.75, 3.05) is 39.3 Å². The molecule has 0 aliphatic carbocycles. The molecule has 0 aromatic heterocycles. The predicted octanol–water partition coefficient (Wildman–Crippen LogP) is 3.88. The molecule has 0 saturated carbocycles. The van der Waals surface area contributed by atoms with Gasteiger partial charge in [-0.25, -0.2) is 0 Å². The number of likely N-dealkylation sites (N-methyl/N-ethyl adjacent to an activating group) is 1. The molecule has 1 aromatic carbocycles. The van der Waals surface area contributed by atoms with Crippen LogP contribution >= 0.6 is 15.9 Å². The van der Waals surface area contributed by atoms with Gasteiger partial charge in [0.2, 0.25) is 0 Å². The Morgan fingerprint density at radius 3 is 2.52 bits per heavy atom. The molecule has 4 heteroatoms. The lowest BCUT2D eigenvalue weighted by Gasteiger charge is -2.18. The Morgan fingerprint density at radius 2 is 1.90 bits per heavy atom. The third kappa shape index (κ3) is 6.81. The number of ether oxygens (including phenoxy) is 1. The summed E-state index contributed by atoms with van der Waals surface area (Å²) in [5.41, 5.74) is 1.26. The summed E-state index contributed by atoms with van der Waals surface area (Å²) in [6, 6.07) is 6.23. The van der Waals surface area contributed by atoms with E-state index in [4.69, 9.17) is 4.74 Å². The summed E-state index contributed by atoms with van der Waals surface area (Å²) in [4.78, 5) is 2.42. The van der Waals surface area contributed by atoms with E-state index in [1.54, 1.807) is 0 Å². The zero-order valence-corrected chi connectivity index (χ0v) is 15.4. The van der Waals surface area contributed by atoms with Crippen LogP contribution in [0.2, 0.25) is 0 Å². The maximum atomic E-state index is 5.92. The lowest BCUT2D eigenvalue weighted by Crippen LogP contribution is -2.33. The van der Waals surface area contributed by atoms with E-state index < -0.39 is 0 Å². The lowest BCUT2D eigenvalue weighted by atomic mass is 10.0. The summed E-state index contributed by atoms with van der Waals surface area (Å²) in [5.74, 6) is 1.46. The summed E-state index contributed by atoms with van der Waals surface area (Å²) in [6.07, 6.45) is 0. The highest BCUT2D eigenvalue weighted by Crippen LogP contribution is 2.29. The molecule has 0 saturated heterocycles. The van der Waals surface area contributed by atoms with Crippen LogP contribution in [-0.4, -0.2) is 44.2 Å². The fraction of sp³-hybridized carbons (Fsp3) is 0.647. The molecular formula is C17H29BrN2O. The Bertz CT molecular complexity index is 406. The second-order valence-corrected chi connectivity index (χ2v) is 6.38. The molecule has 1 N–H and O–H groups in total. The van der Waals surface area contributed by atoms with E-state index >= 15 is 0 Å². The fourth-order valence-corrected chi connectivity index (χ4v) is 2.62. The van der Waals surface area contributed by atoms with Gasteiger partial charge in [-0.2, -0.15) is 0 Å². The van der Waals surface area contributed by atoms with E-state index in [2.05, 4.69) is 66.0 Å². The van der Waals surface area contributed by atoms with Gasteiger partial charge in [-0.15, -0.1) is 0 Å². The van der Waals surface area contributed by atoms with Crippen molar-refractivity contribution < 1.29 is 4.74 Å². The average molecular weight is 357 g/mol. The first-order chi connectivity index (χ1) is 10.1. The Morgan fingerprint density at radius 1 is 1.19 bits per heavy atom. The second-order valence-electron chi connectivity index (χ2n) is 5.46. The molecule has 120 valence electrons. The maximum absolute atomic E-state index is 5.92. The molecule has 0 heterocycles. The van der Waals surface area contributed by atoms with Crippen LogP contribution in [-0.2, 0) is 0 Å². The van der Waals surface area contributed by atoms with Crippen molar-refractivity contribution in [2.24, 2.45) is 0 Å². The van der Waals surface area contributed by atoms with Crippen molar-refractivity contribution in [3.8, 4) is 5.75 Å². The average Bonchev–Trinajstić information content (AvgIpc) is 2.47. The monoisotopic (exact) mass is 356 g/mol. The predicted molar refractivity (Wildman–Crippen MR) is 94.4 cm³/mol. The molecule has 0 bridgehead atoms. The molecule has 0 unspecified atom stereocenters. The van der Waals surface area contributed by atoms with Crippen molar-refractivity contribution in [3.63, 3.8) is 0 Å². The van der Waals surface area contributed by atoms with Gasteiger partial charge in [0.1, 0.15) is 12.4 Å². The molecule has 0 aliphatic rings. The van der Waals surface area contributed by atoms with Crippen LogP contribution in [0.5, 0.6) is 5.75 Å². The zero-order chi connectivity index (χ0) is 15.7. The van der Waals surface area contributed by atoms with Crippen molar-refractivity contribution in [1.29, 1.82) is 0 Å². The Kier molecular flexibility index (Phi) is 8.97. The lowest BCUT2D eigenvalue weighted by molar-refractivity contribution is 0.284. The molecule has 0 atom stereocenters. The maximum Gasteiger partial charge on any atom is 0.122 e. The minimum atomic E-state index is 0.466. The highest BCUT2D eigenvalue weighted by atomic mass is 79.9. The van der Waals surface area contributed by atoms with Gasteiger partial charge in [-0.05, 0) is 42.8 Å². The molecule has 0 spiro atoms. The van der Waals surface area contributed by atoms with Crippen molar-refractivity contribution in [1.82, 2.24) is 10.2 Å². The number of hydrogen-bond donors (Lipinski definition) is 1. The van der Waals surface area contributed by atoms with Gasteiger partial charge in [0.15, 0.2) is 0 Å². The van der Waals surface area contributed by atoms with Gasteiger partial charge >= 0.3 is 0 Å². The molecule has 0 fully saturated rings. The Hall–Kier alpha value is -0.580. The summed E-state index contributed by atoms with van der Waals surface area (Å²) in [5, 5.41) is 3.44. The smallest absolute Gasteiger partial charge is 0.122 e. The van der Waals surface area contributed by atoms with E-state index in [1.165, 1.54) is 5.56 Å². The summed E-state index contributed by atoms with van der Waals surface area (Å²) >= 11 is 3.52. The highest BCUT2D eigenvalue weighted by Gasteiger charge is 2.08. The number of benzene rings is 1. The minimum Gasteiger partial charge on any atom is -0.492 e. The number of hydrogen-bond acceptors (Lipinski definition) is 3. The molecule has 1 rings (SSSR count). The zero-order valence-electron chi connectivity index (χ0n) is 13.8. The topological polar surface area (TPSA) is 24.5 Å². The van der Waals surface area contributed by atoms with Gasteiger partial charge in [0, 0.05) is 24.1 Å². The second kappa shape index (κ2) is 10.2. The van der Waals surface area contributed by atoms with Gasteiger partial charge in [0.25, 0.3) is 0 Å². The Labute approximate surface area is 138 Å². The summed E-state index contributed by atoms with van der Waals surface area (Å²) < 4.78 is 7.02. The van der Waals surface area contributed by atoms with E-state index in [-0.39, 0.29) is 0 Å². The van der Waals surface area contributed by atoms with E-state index in [0.29, 0.717) is 12.5 Å². The van der Waals surface area contributed by atoms with Crippen molar-refractivity contribution >= 4 is 15.9 Å². The van der Waals surface area contributed by atoms with Crippen LogP contribution in [0.4, 0.5) is 0 Å². The minimum absolute atomic E-state index is 0.466. The van der Waals surface area contributed by atoms with Gasteiger partial charge in [0.05, 0.1) is 0 Å². The third-order valence-electron chi connectivity index (χ3n) is 3.63. The highest BCUT2D eigenvalue weighted by molar-refractivity contribution is 9.10. The first kappa shape index (κ1) is 18.5. The number of nitrogens with one attached hydrogen (secondary N) is 1. The molecule has 21 heavy (non-hydrogen) atoms. The quantitative estimate of drug-likeness (QED) is 0.643. The van der Waals surface area contributed by atoms with Crippen molar-refractivity contribution in [2.45, 2.75) is 33.6 Å². The standard InChI is InChI=1S/C17H29BrN2O/c1-5-20(6-2)11-9-19-10-12-21-17-8-7-15(18)13-16(17)14(3)4/h7-8,13-14,19H,5-6,9-12H2,1-4H3. The van der Waals surface area contributed by atoms with E-state index in [9.17, 15) is 0 Å². The molecule has 1 aromatic rings. The third-order valence-corrected chi connectivity index (χ3v) is 4.12. The first-order valence-corrected chi connectivity index (χ1v) is 8.73. The van der Waals surface area contributed by atoms with E-state index in [1.807, 2.05) is 6.07 Å². The van der Waals surface area contributed by atoms with Gasteiger partial charge in [-0.3, -0.25) is 0 Å². The first-order valence-electron chi connectivity index (χ1n) is 7.93. The molecule has 0 amide bonds. The number of rotatable bonds is 10. The summed E-state index contributed by atoms with van der Waals surface area (Å²) in [6.45, 7) is 14.7. The molecular weight excluding hydrogens is 328 g/mol. The largest absolute Gasteiger partial charge is 0.492 e. The van der Waals surface area contributed by atoms with Crippen LogP contribution < -0.4 is 10.1 Å².